The van der Waals surface area contributed by atoms with Crippen LogP contribution in [0.5, 0.6) is 0 Å². The maximum Gasteiger partial charge on any atom is 0.253 e. The highest BCUT2D eigenvalue weighted by Crippen LogP contribution is 2.21. The van der Waals surface area contributed by atoms with Crippen LogP contribution in [0.1, 0.15) is 29.3 Å². The van der Waals surface area contributed by atoms with Crippen LogP contribution >= 0.6 is 0 Å². The molecule has 0 bridgehead atoms. The van der Waals surface area contributed by atoms with Crippen molar-refractivity contribution < 1.29 is 9.53 Å². The summed E-state index contributed by atoms with van der Waals surface area (Å²) in [5.74, 6) is 5.30. The SMILES string of the molecule is Cc1ccc(NN)c(C(=O)NC2(C)CCOC2)c1. The van der Waals surface area contributed by atoms with Crippen molar-refractivity contribution in [2.45, 2.75) is 25.8 Å². The summed E-state index contributed by atoms with van der Waals surface area (Å²) >= 11 is 0. The van der Waals surface area contributed by atoms with Crippen LogP contribution in [-0.4, -0.2) is 24.7 Å². The lowest BCUT2D eigenvalue weighted by atomic mass is 10.0. The molecule has 0 radical (unpaired) electrons. The first-order valence-electron chi connectivity index (χ1n) is 6.02. The Kier molecular flexibility index (Phi) is 3.54. The number of carbonyl (C=O) groups excluding carboxylic acids is 1. The molecule has 0 spiro atoms. The summed E-state index contributed by atoms with van der Waals surface area (Å²) < 4.78 is 5.32. The maximum absolute atomic E-state index is 12.3. The predicted molar refractivity (Wildman–Crippen MR) is 70.3 cm³/mol. The molecule has 1 unspecified atom stereocenters. The number of carbonyl (C=O) groups is 1. The molecule has 1 heterocycles. The van der Waals surface area contributed by atoms with Gasteiger partial charge >= 0.3 is 0 Å². The average Bonchev–Trinajstić information content (AvgIpc) is 2.75. The van der Waals surface area contributed by atoms with Crippen LogP contribution < -0.4 is 16.6 Å². The lowest BCUT2D eigenvalue weighted by Crippen LogP contribution is -2.46. The van der Waals surface area contributed by atoms with E-state index in [0.717, 1.165) is 12.0 Å². The number of nitrogen functional groups attached to an aromatic ring is 1. The number of amides is 1. The van der Waals surface area contributed by atoms with Gasteiger partial charge in [0.1, 0.15) is 0 Å². The van der Waals surface area contributed by atoms with Crippen molar-refractivity contribution in [3.8, 4) is 0 Å². The second kappa shape index (κ2) is 4.96. The van der Waals surface area contributed by atoms with Crippen molar-refractivity contribution in [2.24, 2.45) is 5.84 Å². The standard InChI is InChI=1S/C13H19N3O2/c1-9-3-4-11(16-14)10(7-9)12(17)15-13(2)5-6-18-8-13/h3-4,7,16H,5-6,8,14H2,1-2H3,(H,15,17). The molecule has 0 saturated carbocycles. The number of benzene rings is 1. The molecule has 5 nitrogen and oxygen atoms in total. The number of hydrogen-bond acceptors (Lipinski definition) is 4. The largest absolute Gasteiger partial charge is 0.379 e. The van der Waals surface area contributed by atoms with Gasteiger partial charge in [-0.2, -0.15) is 0 Å². The highest BCUT2D eigenvalue weighted by molar-refractivity contribution is 6.00. The van der Waals surface area contributed by atoms with Crippen LogP contribution in [0.25, 0.3) is 0 Å². The molecular weight excluding hydrogens is 230 g/mol. The minimum Gasteiger partial charge on any atom is -0.379 e. The molecule has 18 heavy (non-hydrogen) atoms. The summed E-state index contributed by atoms with van der Waals surface area (Å²) in [6.45, 7) is 5.17. The monoisotopic (exact) mass is 249 g/mol. The zero-order valence-corrected chi connectivity index (χ0v) is 10.7. The van der Waals surface area contributed by atoms with E-state index in [-0.39, 0.29) is 11.4 Å². The normalized spacial score (nSPS) is 22.8. The topological polar surface area (TPSA) is 76.4 Å². The van der Waals surface area contributed by atoms with Crippen molar-refractivity contribution >= 4 is 11.6 Å². The Bertz CT molecular complexity index is 454. The Morgan fingerprint density at radius 2 is 2.28 bits per heavy atom. The Morgan fingerprint density at radius 1 is 1.50 bits per heavy atom. The minimum atomic E-state index is -0.285. The molecule has 4 N–H and O–H groups in total. The van der Waals surface area contributed by atoms with Crippen molar-refractivity contribution in [1.82, 2.24) is 5.32 Å². The van der Waals surface area contributed by atoms with E-state index in [0.29, 0.717) is 24.5 Å². The average molecular weight is 249 g/mol. The van der Waals surface area contributed by atoms with Crippen LogP contribution in [0.2, 0.25) is 0 Å². The predicted octanol–water partition coefficient (Wildman–Crippen LogP) is 1.19. The summed E-state index contributed by atoms with van der Waals surface area (Å²) in [6.07, 6.45) is 0.829. The van der Waals surface area contributed by atoms with Gasteiger partial charge in [-0.05, 0) is 32.4 Å². The van der Waals surface area contributed by atoms with Crippen LogP contribution in [0, 0.1) is 6.92 Å². The quantitative estimate of drug-likeness (QED) is 0.555. The van der Waals surface area contributed by atoms with E-state index in [1.807, 2.05) is 26.0 Å². The molecule has 1 aromatic carbocycles. The minimum absolute atomic E-state index is 0.125. The van der Waals surface area contributed by atoms with Crippen LogP contribution in [-0.2, 0) is 4.74 Å². The second-order valence-electron chi connectivity index (χ2n) is 5.01. The molecular formula is C13H19N3O2. The number of rotatable bonds is 3. The molecule has 1 aliphatic rings. The van der Waals surface area contributed by atoms with Gasteiger partial charge < -0.3 is 15.5 Å². The second-order valence-corrected chi connectivity index (χ2v) is 5.01. The third kappa shape index (κ3) is 2.63. The van der Waals surface area contributed by atoms with Crippen molar-refractivity contribution in [3.63, 3.8) is 0 Å². The molecule has 0 aromatic heterocycles. The Labute approximate surface area is 107 Å². The van der Waals surface area contributed by atoms with Crippen molar-refractivity contribution in [2.75, 3.05) is 18.6 Å². The summed E-state index contributed by atoms with van der Waals surface area (Å²) in [5.41, 5.74) is 4.47. The molecule has 1 saturated heterocycles. The highest BCUT2D eigenvalue weighted by Gasteiger charge is 2.32. The van der Waals surface area contributed by atoms with Crippen molar-refractivity contribution in [1.29, 1.82) is 0 Å². The van der Waals surface area contributed by atoms with Gasteiger partial charge in [0.05, 0.1) is 23.4 Å². The number of anilines is 1. The Balaban J connectivity index is 2.20. The fourth-order valence-corrected chi connectivity index (χ4v) is 2.08. The van der Waals surface area contributed by atoms with Gasteiger partial charge in [-0.3, -0.25) is 10.6 Å². The molecule has 1 atom stereocenters. The first-order valence-corrected chi connectivity index (χ1v) is 6.02. The van der Waals surface area contributed by atoms with Gasteiger partial charge in [0, 0.05) is 6.61 Å². The van der Waals surface area contributed by atoms with Gasteiger partial charge in [0.15, 0.2) is 0 Å². The lowest BCUT2D eigenvalue weighted by Gasteiger charge is -2.24. The van der Waals surface area contributed by atoms with Gasteiger partial charge in [0.25, 0.3) is 5.91 Å². The number of hydrogen-bond donors (Lipinski definition) is 3. The summed E-state index contributed by atoms with van der Waals surface area (Å²) in [5, 5.41) is 3.01. The van der Waals surface area contributed by atoms with Crippen LogP contribution in [0.3, 0.4) is 0 Å². The summed E-state index contributed by atoms with van der Waals surface area (Å²) in [6, 6.07) is 5.54. The van der Waals surface area contributed by atoms with Crippen molar-refractivity contribution in [3.05, 3.63) is 29.3 Å². The van der Waals surface area contributed by atoms with Gasteiger partial charge in [0.2, 0.25) is 0 Å². The summed E-state index contributed by atoms with van der Waals surface area (Å²) in [7, 11) is 0. The fraction of sp³-hybridized carbons (Fsp3) is 0.462. The van der Waals surface area contributed by atoms with E-state index in [1.54, 1.807) is 6.07 Å². The molecule has 1 fully saturated rings. The zero-order chi connectivity index (χ0) is 13.2. The first-order chi connectivity index (χ1) is 8.54. The van der Waals surface area contributed by atoms with E-state index in [4.69, 9.17) is 10.6 Å². The maximum atomic E-state index is 12.3. The van der Waals surface area contributed by atoms with E-state index in [1.165, 1.54) is 0 Å². The number of hydrazine groups is 1. The van der Waals surface area contributed by atoms with Crippen LogP contribution in [0.15, 0.2) is 18.2 Å². The molecule has 2 rings (SSSR count). The molecule has 5 heteroatoms. The van der Waals surface area contributed by atoms with Crippen LogP contribution in [0.4, 0.5) is 5.69 Å². The molecule has 1 aliphatic heterocycles. The number of nitrogens with two attached hydrogens (primary N) is 1. The fourth-order valence-electron chi connectivity index (χ4n) is 2.08. The highest BCUT2D eigenvalue weighted by atomic mass is 16.5. The Hall–Kier alpha value is -1.59. The van der Waals surface area contributed by atoms with E-state index >= 15 is 0 Å². The number of ether oxygens (including phenoxy) is 1. The third-order valence-electron chi connectivity index (χ3n) is 3.21. The Morgan fingerprint density at radius 3 is 2.89 bits per heavy atom. The smallest absolute Gasteiger partial charge is 0.253 e. The molecule has 0 aliphatic carbocycles. The van der Waals surface area contributed by atoms with E-state index in [2.05, 4.69) is 10.7 Å². The number of aryl methyl sites for hydroxylation is 1. The first kappa shape index (κ1) is 12.9. The summed E-state index contributed by atoms with van der Waals surface area (Å²) in [4.78, 5) is 12.3. The van der Waals surface area contributed by atoms with E-state index in [9.17, 15) is 4.79 Å². The van der Waals surface area contributed by atoms with Gasteiger partial charge in [-0.15, -0.1) is 0 Å². The third-order valence-corrected chi connectivity index (χ3v) is 3.21. The molecule has 1 amide bonds. The number of nitrogens with one attached hydrogen (secondary N) is 2. The molecule has 1 aromatic rings. The lowest BCUT2D eigenvalue weighted by molar-refractivity contribution is 0.0890. The van der Waals surface area contributed by atoms with Gasteiger partial charge in [-0.25, -0.2) is 0 Å². The zero-order valence-electron chi connectivity index (χ0n) is 10.7. The molecule has 98 valence electrons. The van der Waals surface area contributed by atoms with Gasteiger partial charge in [-0.1, -0.05) is 11.6 Å². The van der Waals surface area contributed by atoms with E-state index < -0.39 is 0 Å².